The average molecular weight is 345 g/mol. The summed E-state index contributed by atoms with van der Waals surface area (Å²) in [5, 5.41) is 8.75. The van der Waals surface area contributed by atoms with Crippen LogP contribution in [0.2, 0.25) is 0 Å². The summed E-state index contributed by atoms with van der Waals surface area (Å²) < 4.78 is 11.6. The van der Waals surface area contributed by atoms with E-state index in [1.165, 1.54) is 0 Å². The molecule has 0 bridgehead atoms. The number of ether oxygens (including phenoxy) is 2. The van der Waals surface area contributed by atoms with Crippen molar-refractivity contribution in [3.8, 4) is 11.5 Å². The van der Waals surface area contributed by atoms with Gasteiger partial charge in [-0.2, -0.15) is 0 Å². The number of benzene rings is 1. The molecule has 0 spiro atoms. The second-order valence-electron chi connectivity index (χ2n) is 4.90. The highest BCUT2D eigenvalue weighted by Gasteiger charge is 2.19. The van der Waals surface area contributed by atoms with Gasteiger partial charge in [0.1, 0.15) is 0 Å². The zero-order valence-corrected chi connectivity index (χ0v) is 13.9. The monoisotopic (exact) mass is 344 g/mol. The Kier molecular flexibility index (Phi) is 6.33. The maximum Gasteiger partial charge on any atom is 0.303 e. The lowest BCUT2D eigenvalue weighted by Crippen LogP contribution is -2.04. The molecule has 1 N–H and O–H groups in total. The zero-order chi connectivity index (χ0) is 15.3. The number of rotatable bonds is 7. The fourth-order valence-electron chi connectivity index (χ4n) is 2.28. The van der Waals surface area contributed by atoms with Crippen LogP contribution in [0.15, 0.2) is 10.5 Å². The van der Waals surface area contributed by atoms with Crippen molar-refractivity contribution in [1.82, 2.24) is 0 Å². The first kappa shape index (κ1) is 16.8. The average Bonchev–Trinajstić information content (AvgIpc) is 2.37. The van der Waals surface area contributed by atoms with Crippen LogP contribution >= 0.6 is 15.9 Å². The van der Waals surface area contributed by atoms with Gasteiger partial charge in [-0.1, -0.05) is 13.8 Å². The van der Waals surface area contributed by atoms with Crippen molar-refractivity contribution in [1.29, 1.82) is 0 Å². The smallest absolute Gasteiger partial charge is 0.303 e. The third-order valence-electron chi connectivity index (χ3n) is 3.15. The van der Waals surface area contributed by atoms with E-state index in [0.29, 0.717) is 30.3 Å². The molecule has 20 heavy (non-hydrogen) atoms. The Morgan fingerprint density at radius 1 is 1.35 bits per heavy atom. The van der Waals surface area contributed by atoms with Crippen LogP contribution in [0, 0.1) is 0 Å². The molecule has 0 heterocycles. The minimum atomic E-state index is -0.768. The van der Waals surface area contributed by atoms with Gasteiger partial charge in [-0.3, -0.25) is 4.79 Å². The van der Waals surface area contributed by atoms with E-state index in [4.69, 9.17) is 14.6 Å². The predicted molar refractivity (Wildman–Crippen MR) is 81.9 cm³/mol. The molecule has 5 heteroatoms. The Morgan fingerprint density at radius 2 is 2.00 bits per heavy atom. The number of hydrogen-bond acceptors (Lipinski definition) is 3. The van der Waals surface area contributed by atoms with Crippen LogP contribution in [-0.4, -0.2) is 25.3 Å². The molecule has 112 valence electrons. The van der Waals surface area contributed by atoms with Gasteiger partial charge >= 0.3 is 5.97 Å². The maximum atomic E-state index is 10.6. The summed E-state index contributed by atoms with van der Waals surface area (Å²) in [5.74, 6) is 0.881. The van der Waals surface area contributed by atoms with Crippen molar-refractivity contribution < 1.29 is 19.4 Å². The number of carbonyl (C=O) groups is 1. The van der Waals surface area contributed by atoms with Gasteiger partial charge in [0.05, 0.1) is 18.7 Å². The molecule has 0 unspecified atom stereocenters. The number of carboxylic acid groups (broad SMARTS) is 1. The van der Waals surface area contributed by atoms with Gasteiger partial charge < -0.3 is 14.6 Å². The summed E-state index contributed by atoms with van der Waals surface area (Å²) in [4.78, 5) is 10.6. The van der Waals surface area contributed by atoms with E-state index in [0.717, 1.165) is 15.6 Å². The lowest BCUT2D eigenvalue weighted by atomic mass is 9.93. The van der Waals surface area contributed by atoms with Gasteiger partial charge in [-0.15, -0.1) is 0 Å². The lowest BCUT2D eigenvalue weighted by molar-refractivity contribution is -0.137. The molecule has 0 atom stereocenters. The molecule has 0 aliphatic rings. The quantitative estimate of drug-likeness (QED) is 0.812. The van der Waals surface area contributed by atoms with E-state index in [2.05, 4.69) is 29.8 Å². The molecule has 0 radical (unpaired) electrons. The molecular formula is C15H21BrO4. The van der Waals surface area contributed by atoms with Crippen molar-refractivity contribution in [3.05, 3.63) is 21.7 Å². The van der Waals surface area contributed by atoms with E-state index in [-0.39, 0.29) is 6.42 Å². The standard InChI is InChI=1S/C15H21BrO4/c1-9(2)13-10(6-5-7-12(17)18)8-11(19-3)15(20-4)14(13)16/h8-9H,5-7H2,1-4H3,(H,17,18). The number of hydrogen-bond donors (Lipinski definition) is 1. The molecule has 1 aromatic carbocycles. The van der Waals surface area contributed by atoms with E-state index >= 15 is 0 Å². The number of carboxylic acids is 1. The molecule has 0 aromatic heterocycles. The Balaban J connectivity index is 3.19. The molecule has 0 saturated carbocycles. The molecule has 0 saturated heterocycles. The highest BCUT2D eigenvalue weighted by Crippen LogP contribution is 2.43. The Hall–Kier alpha value is -1.23. The summed E-state index contributed by atoms with van der Waals surface area (Å²) in [6, 6.07) is 1.95. The first-order chi connectivity index (χ1) is 9.42. The molecule has 0 aliphatic heterocycles. The van der Waals surface area contributed by atoms with Crippen LogP contribution in [0.4, 0.5) is 0 Å². The zero-order valence-electron chi connectivity index (χ0n) is 12.3. The maximum absolute atomic E-state index is 10.6. The minimum Gasteiger partial charge on any atom is -0.493 e. The third-order valence-corrected chi connectivity index (χ3v) is 3.94. The van der Waals surface area contributed by atoms with Gasteiger partial charge in [0.25, 0.3) is 0 Å². The van der Waals surface area contributed by atoms with E-state index in [9.17, 15) is 4.79 Å². The van der Waals surface area contributed by atoms with E-state index < -0.39 is 5.97 Å². The largest absolute Gasteiger partial charge is 0.493 e. The molecule has 0 amide bonds. The van der Waals surface area contributed by atoms with Crippen molar-refractivity contribution in [2.45, 2.75) is 39.0 Å². The second-order valence-corrected chi connectivity index (χ2v) is 5.69. The number of aliphatic carboxylic acids is 1. The fraction of sp³-hybridized carbons (Fsp3) is 0.533. The molecule has 4 nitrogen and oxygen atoms in total. The van der Waals surface area contributed by atoms with Crippen molar-refractivity contribution >= 4 is 21.9 Å². The predicted octanol–water partition coefficient (Wildman–Crippen LogP) is 4.00. The summed E-state index contributed by atoms with van der Waals surface area (Å²) in [6.07, 6.45) is 1.49. The molecule has 1 rings (SSSR count). The number of methoxy groups -OCH3 is 2. The van der Waals surface area contributed by atoms with Crippen LogP contribution in [0.25, 0.3) is 0 Å². The molecule has 0 fully saturated rings. The highest BCUT2D eigenvalue weighted by atomic mass is 79.9. The Labute approximate surface area is 128 Å². The topological polar surface area (TPSA) is 55.8 Å². The molecule has 1 aromatic rings. The Morgan fingerprint density at radius 3 is 2.45 bits per heavy atom. The normalized spacial score (nSPS) is 10.7. The Bertz CT molecular complexity index is 483. The van der Waals surface area contributed by atoms with E-state index in [1.807, 2.05) is 6.07 Å². The number of aryl methyl sites for hydroxylation is 1. The van der Waals surface area contributed by atoms with Crippen LogP contribution in [0.1, 0.15) is 43.7 Å². The van der Waals surface area contributed by atoms with Crippen LogP contribution in [-0.2, 0) is 11.2 Å². The summed E-state index contributed by atoms with van der Waals surface area (Å²) in [5.41, 5.74) is 2.25. The van der Waals surface area contributed by atoms with Gasteiger partial charge in [0, 0.05) is 6.42 Å². The van der Waals surface area contributed by atoms with Crippen LogP contribution < -0.4 is 9.47 Å². The van der Waals surface area contributed by atoms with Crippen molar-refractivity contribution in [2.75, 3.05) is 14.2 Å². The van der Waals surface area contributed by atoms with Gasteiger partial charge in [0.2, 0.25) is 0 Å². The minimum absolute atomic E-state index is 0.170. The van der Waals surface area contributed by atoms with Gasteiger partial charge in [-0.25, -0.2) is 0 Å². The van der Waals surface area contributed by atoms with Crippen LogP contribution in [0.5, 0.6) is 11.5 Å². The summed E-state index contributed by atoms with van der Waals surface area (Å²) in [7, 11) is 3.21. The van der Waals surface area contributed by atoms with Gasteiger partial charge in [0.15, 0.2) is 11.5 Å². The third kappa shape index (κ3) is 3.88. The van der Waals surface area contributed by atoms with Crippen LogP contribution in [0.3, 0.4) is 0 Å². The van der Waals surface area contributed by atoms with E-state index in [1.54, 1.807) is 14.2 Å². The number of halogens is 1. The SMILES string of the molecule is COc1cc(CCCC(=O)O)c(C(C)C)c(Br)c1OC. The van der Waals surface area contributed by atoms with Crippen molar-refractivity contribution in [2.24, 2.45) is 0 Å². The first-order valence-electron chi connectivity index (χ1n) is 6.57. The molecular weight excluding hydrogens is 324 g/mol. The summed E-state index contributed by atoms with van der Waals surface area (Å²) >= 11 is 3.58. The summed E-state index contributed by atoms with van der Waals surface area (Å²) in [6.45, 7) is 4.21. The highest BCUT2D eigenvalue weighted by molar-refractivity contribution is 9.10. The molecule has 0 aliphatic carbocycles. The second kappa shape index (κ2) is 7.53. The van der Waals surface area contributed by atoms with Gasteiger partial charge in [-0.05, 0) is 51.9 Å². The van der Waals surface area contributed by atoms with Crippen molar-refractivity contribution in [3.63, 3.8) is 0 Å². The first-order valence-corrected chi connectivity index (χ1v) is 7.36. The lowest BCUT2D eigenvalue weighted by Gasteiger charge is -2.20. The fourth-order valence-corrected chi connectivity index (χ4v) is 3.35.